The van der Waals surface area contributed by atoms with Gasteiger partial charge in [0.15, 0.2) is 0 Å². The van der Waals surface area contributed by atoms with Gasteiger partial charge in [0.05, 0.1) is 6.10 Å². The summed E-state index contributed by atoms with van der Waals surface area (Å²) in [6.07, 6.45) is 4.76. The van der Waals surface area contributed by atoms with Crippen LogP contribution >= 0.6 is 0 Å². The predicted molar refractivity (Wildman–Crippen MR) is 59.4 cm³/mol. The van der Waals surface area contributed by atoms with E-state index in [1.54, 1.807) is 0 Å². The summed E-state index contributed by atoms with van der Waals surface area (Å²) in [5, 5.41) is 9.51. The van der Waals surface area contributed by atoms with Crippen molar-refractivity contribution < 1.29 is 18.8 Å². The normalized spacial score (nSPS) is 28.0. The van der Waals surface area contributed by atoms with Crippen LogP contribution in [0.15, 0.2) is 0 Å². The van der Waals surface area contributed by atoms with Crippen LogP contribution in [-0.4, -0.2) is 39.0 Å². The average Bonchev–Trinajstić information content (AvgIpc) is 2.26. The van der Waals surface area contributed by atoms with Gasteiger partial charge in [0, 0.05) is 20.3 Å². The molecule has 0 saturated heterocycles. The molecule has 2 N–H and O–H groups in total. The monoisotopic (exact) mass is 234 g/mol. The summed E-state index contributed by atoms with van der Waals surface area (Å²) in [5.74, 6) is 0.512. The van der Waals surface area contributed by atoms with Crippen LogP contribution in [-0.2, 0) is 8.85 Å². The van der Waals surface area contributed by atoms with E-state index in [0.717, 1.165) is 32.1 Å². The van der Waals surface area contributed by atoms with Gasteiger partial charge in [-0.1, -0.05) is 12.8 Å². The molecule has 0 spiro atoms. The van der Waals surface area contributed by atoms with Gasteiger partial charge in [-0.05, 0) is 25.2 Å². The smallest absolute Gasteiger partial charge is 0.393 e. The summed E-state index contributed by atoms with van der Waals surface area (Å²) in [5.41, 5.74) is 0. The first-order valence-corrected chi connectivity index (χ1v) is 7.57. The minimum absolute atomic E-state index is 0.149. The fraction of sp³-hybridized carbons (Fsp3) is 1.00. The van der Waals surface area contributed by atoms with E-state index in [1.165, 1.54) is 14.2 Å². The van der Waals surface area contributed by atoms with Gasteiger partial charge in [-0.3, -0.25) is 0 Å². The molecule has 0 heterocycles. The first-order chi connectivity index (χ1) is 7.09. The molecule has 1 aliphatic carbocycles. The third kappa shape index (κ3) is 4.20. The van der Waals surface area contributed by atoms with Crippen molar-refractivity contribution in [2.24, 2.45) is 5.92 Å². The second-order valence-electron chi connectivity index (χ2n) is 4.35. The Morgan fingerprint density at radius 1 is 1.27 bits per heavy atom. The number of hydrogen-bond donors (Lipinski definition) is 2. The lowest BCUT2D eigenvalue weighted by molar-refractivity contribution is 0.0951. The molecule has 0 aromatic rings. The fourth-order valence-electron chi connectivity index (χ4n) is 2.20. The highest BCUT2D eigenvalue weighted by Gasteiger charge is 2.35. The molecule has 0 aromatic carbocycles. The zero-order valence-corrected chi connectivity index (χ0v) is 10.6. The summed E-state index contributed by atoms with van der Waals surface area (Å²) in [6.45, 7) is 0. The number of aliphatic hydroxyl groups excluding tert-OH is 1. The van der Waals surface area contributed by atoms with E-state index in [0.29, 0.717) is 12.0 Å². The molecule has 1 rings (SSSR count). The summed E-state index contributed by atoms with van der Waals surface area (Å²) < 4.78 is 10.0. The summed E-state index contributed by atoms with van der Waals surface area (Å²) in [7, 11) is 0.0981. The Kier molecular flexibility index (Phi) is 5.21. The number of hydrogen-bond acceptors (Lipinski definition) is 4. The molecule has 0 radical (unpaired) electrons. The molecule has 5 heteroatoms. The third-order valence-corrected chi connectivity index (χ3v) is 5.46. The molecule has 1 saturated carbocycles. The van der Waals surface area contributed by atoms with Gasteiger partial charge in [-0.25, -0.2) is 0 Å². The van der Waals surface area contributed by atoms with Gasteiger partial charge in [0.2, 0.25) is 0 Å². The topological polar surface area (TPSA) is 58.9 Å². The molecule has 90 valence electrons. The van der Waals surface area contributed by atoms with Crippen molar-refractivity contribution in [3.8, 4) is 0 Å². The van der Waals surface area contributed by atoms with Crippen molar-refractivity contribution in [2.45, 2.75) is 44.3 Å². The van der Waals surface area contributed by atoms with Crippen molar-refractivity contribution in [3.05, 3.63) is 0 Å². The van der Waals surface area contributed by atoms with Crippen LogP contribution in [0.3, 0.4) is 0 Å². The first-order valence-electron chi connectivity index (χ1n) is 5.60. The molecule has 0 aliphatic heterocycles. The van der Waals surface area contributed by atoms with Crippen LogP contribution in [0.1, 0.15) is 32.1 Å². The second kappa shape index (κ2) is 5.96. The zero-order chi connectivity index (χ0) is 11.3. The molecule has 1 aliphatic rings. The van der Waals surface area contributed by atoms with Crippen LogP contribution in [0.25, 0.3) is 0 Å². The minimum Gasteiger partial charge on any atom is -0.393 e. The third-order valence-electron chi connectivity index (χ3n) is 3.26. The maximum absolute atomic E-state index is 9.86. The first kappa shape index (κ1) is 13.1. The van der Waals surface area contributed by atoms with Crippen molar-refractivity contribution in [1.29, 1.82) is 0 Å². The van der Waals surface area contributed by atoms with Gasteiger partial charge in [-0.2, -0.15) is 0 Å². The Morgan fingerprint density at radius 3 is 2.47 bits per heavy atom. The van der Waals surface area contributed by atoms with Crippen LogP contribution in [0.2, 0.25) is 6.04 Å². The van der Waals surface area contributed by atoms with E-state index in [4.69, 9.17) is 8.85 Å². The zero-order valence-electron chi connectivity index (χ0n) is 9.61. The molecule has 0 aromatic heterocycles. The highest BCUT2D eigenvalue weighted by molar-refractivity contribution is 6.59. The average molecular weight is 234 g/mol. The fourth-order valence-corrected chi connectivity index (χ4v) is 3.55. The largest absolute Gasteiger partial charge is 0.497 e. The number of rotatable bonds is 5. The van der Waals surface area contributed by atoms with E-state index in [1.807, 2.05) is 0 Å². The van der Waals surface area contributed by atoms with E-state index in [9.17, 15) is 9.90 Å². The molecule has 2 atom stereocenters. The molecular formula is C10H22O4Si. The lowest BCUT2D eigenvalue weighted by atomic mass is 9.86. The molecular weight excluding hydrogens is 212 g/mol. The Bertz CT molecular complexity index is 184. The van der Waals surface area contributed by atoms with Crippen molar-refractivity contribution in [3.63, 3.8) is 0 Å². The maximum atomic E-state index is 9.86. The molecule has 2 unspecified atom stereocenters. The van der Waals surface area contributed by atoms with Gasteiger partial charge in [-0.15, -0.1) is 0 Å². The van der Waals surface area contributed by atoms with Gasteiger partial charge in [0.25, 0.3) is 0 Å². The standard InChI is InChI=1S/C10H22O4Si/c1-13-15(12,14-2)7-6-9-4-3-5-10(11)8-9/h9-12H,3-8H2,1-2H3. The molecule has 0 bridgehead atoms. The molecule has 0 amide bonds. The van der Waals surface area contributed by atoms with E-state index in [-0.39, 0.29) is 6.10 Å². The van der Waals surface area contributed by atoms with Crippen LogP contribution in [0, 0.1) is 5.92 Å². The number of aliphatic hydroxyl groups is 1. The summed E-state index contributed by atoms with van der Waals surface area (Å²) in [4.78, 5) is 9.86. The van der Waals surface area contributed by atoms with E-state index >= 15 is 0 Å². The summed E-state index contributed by atoms with van der Waals surface area (Å²) in [6, 6.07) is 0.595. The van der Waals surface area contributed by atoms with Crippen molar-refractivity contribution in [1.82, 2.24) is 0 Å². The Labute approximate surface area is 92.6 Å². The SMILES string of the molecule is CO[Si](O)(CCC1CCCC(O)C1)OC. The Hall–Kier alpha value is 0.0569. The predicted octanol–water partition coefficient (Wildman–Crippen LogP) is 1.15. The lowest BCUT2D eigenvalue weighted by Crippen LogP contribution is -2.40. The highest BCUT2D eigenvalue weighted by atomic mass is 28.4. The van der Waals surface area contributed by atoms with Crippen LogP contribution in [0.5, 0.6) is 0 Å². The van der Waals surface area contributed by atoms with Gasteiger partial charge < -0.3 is 18.8 Å². The second-order valence-corrected chi connectivity index (χ2v) is 7.09. The van der Waals surface area contributed by atoms with Crippen molar-refractivity contribution >= 4 is 8.80 Å². The summed E-state index contributed by atoms with van der Waals surface area (Å²) >= 11 is 0. The van der Waals surface area contributed by atoms with Gasteiger partial charge >= 0.3 is 8.80 Å². The van der Waals surface area contributed by atoms with E-state index < -0.39 is 8.80 Å². The Morgan fingerprint density at radius 2 is 1.93 bits per heavy atom. The molecule has 4 nitrogen and oxygen atoms in total. The highest BCUT2D eigenvalue weighted by Crippen LogP contribution is 2.29. The Balaban J connectivity index is 2.29. The lowest BCUT2D eigenvalue weighted by Gasteiger charge is -2.28. The maximum Gasteiger partial charge on any atom is 0.497 e. The quantitative estimate of drug-likeness (QED) is 0.701. The minimum atomic E-state index is -2.88. The van der Waals surface area contributed by atoms with Crippen molar-refractivity contribution in [2.75, 3.05) is 14.2 Å². The van der Waals surface area contributed by atoms with Gasteiger partial charge in [0.1, 0.15) is 0 Å². The van der Waals surface area contributed by atoms with Crippen LogP contribution in [0.4, 0.5) is 0 Å². The van der Waals surface area contributed by atoms with E-state index in [2.05, 4.69) is 0 Å². The molecule has 1 fully saturated rings. The van der Waals surface area contributed by atoms with Crippen LogP contribution < -0.4 is 0 Å². The molecule has 15 heavy (non-hydrogen) atoms.